The smallest absolute Gasteiger partial charge is 0.178 e. The summed E-state index contributed by atoms with van der Waals surface area (Å²) in [6.45, 7) is 0. The molecule has 1 aliphatic rings. The van der Waals surface area contributed by atoms with Crippen LogP contribution >= 0.6 is 15.9 Å². The minimum Gasteiger partial charge on any atom is -0.313 e. The van der Waals surface area contributed by atoms with Gasteiger partial charge in [0.15, 0.2) is 9.84 Å². The minimum atomic E-state index is -3.06. The number of hydrogen-bond acceptors (Lipinski definition) is 3. The Morgan fingerprint density at radius 3 is 2.87 bits per heavy atom. The van der Waals surface area contributed by atoms with Crippen LogP contribution in [0.1, 0.15) is 18.0 Å². The van der Waals surface area contributed by atoms with Crippen LogP contribution in [0.4, 0.5) is 0 Å². The Balaban J connectivity index is 2.64. The van der Waals surface area contributed by atoms with E-state index in [-0.39, 0.29) is 11.8 Å². The van der Waals surface area contributed by atoms with Gasteiger partial charge in [-0.25, -0.2) is 8.42 Å². The summed E-state index contributed by atoms with van der Waals surface area (Å²) in [4.78, 5) is 0.469. The third-order valence-corrected chi connectivity index (χ3v) is 5.01. The lowest BCUT2D eigenvalue weighted by molar-refractivity contribution is 0.528. The van der Waals surface area contributed by atoms with Crippen LogP contribution in [-0.2, 0) is 9.84 Å². The van der Waals surface area contributed by atoms with E-state index in [1.807, 2.05) is 13.1 Å². The molecule has 1 atom stereocenters. The maximum atomic E-state index is 11.8. The molecule has 82 valence electrons. The monoisotopic (exact) mass is 289 g/mol. The van der Waals surface area contributed by atoms with E-state index in [0.29, 0.717) is 11.3 Å². The van der Waals surface area contributed by atoms with E-state index in [0.717, 1.165) is 10.0 Å². The van der Waals surface area contributed by atoms with E-state index in [1.54, 1.807) is 12.1 Å². The summed E-state index contributed by atoms with van der Waals surface area (Å²) in [6, 6.07) is 5.47. The molecule has 0 aromatic heterocycles. The molecule has 0 saturated carbocycles. The fourth-order valence-electron chi connectivity index (χ4n) is 1.91. The SMILES string of the molecule is CN[C@@H]1CCS(=O)(=O)c2ccc(Br)cc21. The molecule has 1 N–H and O–H groups in total. The number of fused-ring (bicyclic) bond motifs is 1. The number of benzene rings is 1. The maximum absolute atomic E-state index is 11.8. The van der Waals surface area contributed by atoms with Crippen molar-refractivity contribution in [2.45, 2.75) is 17.4 Å². The molecule has 15 heavy (non-hydrogen) atoms. The zero-order valence-corrected chi connectivity index (χ0v) is 10.7. The highest BCUT2D eigenvalue weighted by Gasteiger charge is 2.29. The van der Waals surface area contributed by atoms with Crippen molar-refractivity contribution in [3.05, 3.63) is 28.2 Å². The molecule has 0 spiro atoms. The lowest BCUT2D eigenvalue weighted by Gasteiger charge is -2.25. The van der Waals surface area contributed by atoms with Gasteiger partial charge in [-0.3, -0.25) is 0 Å². The summed E-state index contributed by atoms with van der Waals surface area (Å²) in [5, 5.41) is 3.14. The first-order valence-electron chi connectivity index (χ1n) is 4.74. The molecule has 1 aliphatic heterocycles. The van der Waals surface area contributed by atoms with Crippen LogP contribution in [0.2, 0.25) is 0 Å². The first kappa shape index (κ1) is 11.1. The van der Waals surface area contributed by atoms with Gasteiger partial charge in [-0.15, -0.1) is 0 Å². The first-order valence-corrected chi connectivity index (χ1v) is 7.18. The number of nitrogens with one attached hydrogen (secondary N) is 1. The fraction of sp³-hybridized carbons (Fsp3) is 0.400. The molecule has 0 radical (unpaired) electrons. The van der Waals surface area contributed by atoms with Gasteiger partial charge in [-0.05, 0) is 37.2 Å². The van der Waals surface area contributed by atoms with Gasteiger partial charge < -0.3 is 5.32 Å². The van der Waals surface area contributed by atoms with Crippen LogP contribution in [0.3, 0.4) is 0 Å². The van der Waals surface area contributed by atoms with Gasteiger partial charge in [-0.1, -0.05) is 15.9 Å². The molecular formula is C10H12BrNO2S. The van der Waals surface area contributed by atoms with Gasteiger partial charge in [0.05, 0.1) is 10.6 Å². The second-order valence-electron chi connectivity index (χ2n) is 3.63. The average Bonchev–Trinajstić information content (AvgIpc) is 2.17. The molecule has 3 nitrogen and oxygen atoms in total. The Labute approximate surface area is 97.9 Å². The molecule has 0 bridgehead atoms. The molecule has 1 aromatic rings. The van der Waals surface area contributed by atoms with Gasteiger partial charge in [0, 0.05) is 10.5 Å². The standard InChI is InChI=1S/C10H12BrNO2S/c1-12-9-4-5-15(13,14)10-3-2-7(11)6-8(9)10/h2-3,6,9,12H,4-5H2,1H3/t9-/m1/s1. The lowest BCUT2D eigenvalue weighted by atomic mass is 10.0. The van der Waals surface area contributed by atoms with Crippen molar-refractivity contribution in [3.63, 3.8) is 0 Å². The summed E-state index contributed by atoms with van der Waals surface area (Å²) >= 11 is 3.36. The van der Waals surface area contributed by atoms with Gasteiger partial charge in [0.2, 0.25) is 0 Å². The quantitative estimate of drug-likeness (QED) is 0.859. The third-order valence-electron chi connectivity index (χ3n) is 2.71. The van der Waals surface area contributed by atoms with Crippen LogP contribution < -0.4 is 5.32 Å². The highest BCUT2D eigenvalue weighted by Crippen LogP contribution is 2.33. The third kappa shape index (κ3) is 1.96. The Morgan fingerprint density at radius 2 is 2.20 bits per heavy atom. The van der Waals surface area contributed by atoms with Gasteiger partial charge in [0.1, 0.15) is 0 Å². The van der Waals surface area contributed by atoms with Crippen molar-refractivity contribution < 1.29 is 8.42 Å². The number of sulfone groups is 1. The van der Waals surface area contributed by atoms with Crippen molar-refractivity contribution in [2.24, 2.45) is 0 Å². The van der Waals surface area contributed by atoms with E-state index < -0.39 is 9.84 Å². The van der Waals surface area contributed by atoms with Crippen LogP contribution in [0, 0.1) is 0 Å². The Kier molecular flexibility index (Phi) is 2.87. The molecule has 5 heteroatoms. The van der Waals surface area contributed by atoms with Gasteiger partial charge in [0.25, 0.3) is 0 Å². The van der Waals surface area contributed by atoms with Crippen LogP contribution in [0.15, 0.2) is 27.6 Å². The average molecular weight is 290 g/mol. The number of rotatable bonds is 1. The van der Waals surface area contributed by atoms with Gasteiger partial charge >= 0.3 is 0 Å². The maximum Gasteiger partial charge on any atom is 0.178 e. The molecular weight excluding hydrogens is 278 g/mol. The fourth-order valence-corrected chi connectivity index (χ4v) is 3.89. The molecule has 0 saturated heterocycles. The molecule has 0 aliphatic carbocycles. The predicted octanol–water partition coefficient (Wildman–Crippen LogP) is 1.89. The summed E-state index contributed by atoms with van der Waals surface area (Å²) in [5.41, 5.74) is 0.873. The van der Waals surface area contributed by atoms with E-state index in [9.17, 15) is 8.42 Å². The van der Waals surface area contributed by atoms with Crippen molar-refractivity contribution in [2.75, 3.05) is 12.8 Å². The van der Waals surface area contributed by atoms with E-state index in [1.165, 1.54) is 0 Å². The molecule has 1 heterocycles. The van der Waals surface area contributed by atoms with E-state index in [4.69, 9.17) is 0 Å². The second kappa shape index (κ2) is 3.88. The molecule has 2 rings (SSSR count). The number of halogens is 1. The zero-order valence-electron chi connectivity index (χ0n) is 8.33. The molecule has 1 aromatic carbocycles. The summed E-state index contributed by atoms with van der Waals surface area (Å²) in [6.07, 6.45) is 0.641. The Morgan fingerprint density at radius 1 is 1.47 bits per heavy atom. The van der Waals surface area contributed by atoms with Crippen molar-refractivity contribution in [3.8, 4) is 0 Å². The van der Waals surface area contributed by atoms with Crippen molar-refractivity contribution in [1.29, 1.82) is 0 Å². The van der Waals surface area contributed by atoms with Crippen LogP contribution in [0.25, 0.3) is 0 Å². The first-order chi connectivity index (χ1) is 7.04. The molecule has 0 fully saturated rings. The van der Waals surface area contributed by atoms with Gasteiger partial charge in [-0.2, -0.15) is 0 Å². The minimum absolute atomic E-state index is 0.140. The topological polar surface area (TPSA) is 46.2 Å². The predicted molar refractivity (Wildman–Crippen MR) is 62.6 cm³/mol. The Hall–Kier alpha value is -0.390. The zero-order chi connectivity index (χ0) is 11.1. The van der Waals surface area contributed by atoms with Crippen LogP contribution in [-0.4, -0.2) is 21.2 Å². The molecule has 0 amide bonds. The lowest BCUT2D eigenvalue weighted by Crippen LogP contribution is -2.27. The molecule has 0 unspecified atom stereocenters. The summed E-state index contributed by atoms with van der Waals surface area (Å²) in [7, 11) is -1.21. The highest BCUT2D eigenvalue weighted by atomic mass is 79.9. The largest absolute Gasteiger partial charge is 0.313 e. The van der Waals surface area contributed by atoms with Crippen LogP contribution in [0.5, 0.6) is 0 Å². The van der Waals surface area contributed by atoms with Crippen molar-refractivity contribution >= 4 is 25.8 Å². The summed E-state index contributed by atoms with van der Waals surface area (Å²) < 4.78 is 24.5. The second-order valence-corrected chi connectivity index (χ2v) is 6.62. The normalized spacial score (nSPS) is 23.5. The van der Waals surface area contributed by atoms with E-state index >= 15 is 0 Å². The van der Waals surface area contributed by atoms with Crippen molar-refractivity contribution in [1.82, 2.24) is 5.32 Å². The van der Waals surface area contributed by atoms with E-state index in [2.05, 4.69) is 21.2 Å². The number of hydrogen-bond donors (Lipinski definition) is 1. The summed E-state index contributed by atoms with van der Waals surface area (Å²) in [5.74, 6) is 0.229. The Bertz CT molecular complexity index is 484. The highest BCUT2D eigenvalue weighted by molar-refractivity contribution is 9.10.